The lowest BCUT2D eigenvalue weighted by Crippen LogP contribution is -2.16. The fourth-order valence-corrected chi connectivity index (χ4v) is 1.67. The lowest BCUT2D eigenvalue weighted by molar-refractivity contribution is 0.102. The topological polar surface area (TPSA) is 55.1 Å². The van der Waals surface area contributed by atoms with Gasteiger partial charge in [0.15, 0.2) is 5.82 Å². The molecule has 0 fully saturated rings. The Morgan fingerprint density at radius 2 is 1.62 bits per heavy atom. The fraction of sp³-hybridized carbons (Fsp3) is 0.0714. The van der Waals surface area contributed by atoms with E-state index in [0.717, 1.165) is 6.07 Å². The molecule has 0 saturated carbocycles. The van der Waals surface area contributed by atoms with Crippen molar-refractivity contribution in [3.8, 4) is 0 Å². The molecular weight excluding hydrogens is 288 g/mol. The number of nitrogen functional groups attached to an aromatic ring is 1. The van der Waals surface area contributed by atoms with Crippen LogP contribution < -0.4 is 11.1 Å². The van der Waals surface area contributed by atoms with E-state index in [1.165, 1.54) is 13.0 Å². The van der Waals surface area contributed by atoms with Crippen LogP contribution in [-0.4, -0.2) is 5.91 Å². The van der Waals surface area contributed by atoms with Gasteiger partial charge in [0.25, 0.3) is 5.91 Å². The van der Waals surface area contributed by atoms with E-state index in [-0.39, 0.29) is 5.56 Å². The molecule has 0 bridgehead atoms. The average Bonchev–Trinajstić information content (AvgIpc) is 2.44. The van der Waals surface area contributed by atoms with Gasteiger partial charge in [-0.1, -0.05) is 6.07 Å². The summed E-state index contributed by atoms with van der Waals surface area (Å²) in [6.45, 7) is 1.38. The number of nitrogens with two attached hydrogens (primary N) is 1. The van der Waals surface area contributed by atoms with Crippen LogP contribution in [0.2, 0.25) is 0 Å². The number of carbonyl (C=O) groups excluding carboxylic acids is 1. The Balaban J connectivity index is 2.37. The van der Waals surface area contributed by atoms with E-state index in [2.05, 4.69) is 0 Å². The molecule has 2 aromatic rings. The number of hydrogen-bond acceptors (Lipinski definition) is 2. The summed E-state index contributed by atoms with van der Waals surface area (Å²) in [6.07, 6.45) is 0. The Kier molecular flexibility index (Phi) is 3.84. The molecule has 3 N–H and O–H groups in total. The SMILES string of the molecule is Cc1ccc(F)c(NC(=O)c2cc(F)c(N)c(F)c2)c1F. The standard InChI is InChI=1S/C14H10F4N2O/c1-6-2-3-8(15)13(11(6)18)20-14(21)7-4-9(16)12(19)10(17)5-7/h2-5H,19H2,1H3,(H,20,21). The second-order valence-electron chi connectivity index (χ2n) is 4.36. The highest BCUT2D eigenvalue weighted by molar-refractivity contribution is 6.04. The van der Waals surface area contributed by atoms with Gasteiger partial charge in [-0.25, -0.2) is 17.6 Å². The Labute approximate surface area is 117 Å². The van der Waals surface area contributed by atoms with Crippen LogP contribution in [0.3, 0.4) is 0 Å². The first-order valence-corrected chi connectivity index (χ1v) is 5.81. The molecule has 7 heteroatoms. The predicted molar refractivity (Wildman–Crippen MR) is 69.8 cm³/mol. The molecule has 0 saturated heterocycles. The summed E-state index contributed by atoms with van der Waals surface area (Å²) in [5.41, 5.74) is 3.32. The number of nitrogens with one attached hydrogen (secondary N) is 1. The second-order valence-corrected chi connectivity index (χ2v) is 4.36. The number of anilines is 2. The van der Waals surface area contributed by atoms with Crippen LogP contribution in [0.25, 0.3) is 0 Å². The largest absolute Gasteiger partial charge is 0.394 e. The average molecular weight is 298 g/mol. The predicted octanol–water partition coefficient (Wildman–Crippen LogP) is 3.39. The number of aryl methyl sites for hydroxylation is 1. The van der Waals surface area contributed by atoms with Crippen molar-refractivity contribution in [3.63, 3.8) is 0 Å². The highest BCUT2D eigenvalue weighted by Crippen LogP contribution is 2.23. The number of rotatable bonds is 2. The zero-order valence-electron chi connectivity index (χ0n) is 10.8. The van der Waals surface area contributed by atoms with Gasteiger partial charge in [0.1, 0.15) is 28.8 Å². The summed E-state index contributed by atoms with van der Waals surface area (Å²) >= 11 is 0. The molecule has 3 nitrogen and oxygen atoms in total. The third kappa shape index (κ3) is 2.81. The molecule has 0 atom stereocenters. The van der Waals surface area contributed by atoms with Crippen LogP contribution in [0.4, 0.5) is 28.9 Å². The molecule has 0 aliphatic rings. The molecule has 21 heavy (non-hydrogen) atoms. The summed E-state index contributed by atoms with van der Waals surface area (Å²) in [6, 6.07) is 3.53. The molecule has 0 aromatic heterocycles. The van der Waals surface area contributed by atoms with Crippen molar-refractivity contribution >= 4 is 17.3 Å². The van der Waals surface area contributed by atoms with E-state index >= 15 is 0 Å². The molecule has 2 rings (SSSR count). The summed E-state index contributed by atoms with van der Waals surface area (Å²) in [4.78, 5) is 11.8. The number of amides is 1. The highest BCUT2D eigenvalue weighted by Gasteiger charge is 2.18. The molecule has 0 aliphatic heterocycles. The van der Waals surface area contributed by atoms with Crippen molar-refractivity contribution < 1.29 is 22.4 Å². The second kappa shape index (κ2) is 5.43. The van der Waals surface area contributed by atoms with E-state index in [1.54, 1.807) is 0 Å². The van der Waals surface area contributed by atoms with E-state index in [4.69, 9.17) is 5.73 Å². The third-order valence-corrected chi connectivity index (χ3v) is 2.86. The molecule has 0 radical (unpaired) electrons. The molecular formula is C14H10F4N2O. The van der Waals surface area contributed by atoms with Crippen molar-refractivity contribution in [1.29, 1.82) is 0 Å². The minimum Gasteiger partial charge on any atom is -0.394 e. The zero-order valence-corrected chi connectivity index (χ0v) is 10.8. The molecule has 0 aliphatic carbocycles. The van der Waals surface area contributed by atoms with Gasteiger partial charge < -0.3 is 11.1 Å². The Morgan fingerprint density at radius 3 is 2.19 bits per heavy atom. The van der Waals surface area contributed by atoms with Crippen LogP contribution >= 0.6 is 0 Å². The van der Waals surface area contributed by atoms with Gasteiger partial charge >= 0.3 is 0 Å². The number of halogens is 4. The molecule has 2 aromatic carbocycles. The van der Waals surface area contributed by atoms with Crippen molar-refractivity contribution in [2.24, 2.45) is 0 Å². The lowest BCUT2D eigenvalue weighted by Gasteiger charge is -2.10. The van der Waals surface area contributed by atoms with E-state index in [0.29, 0.717) is 12.1 Å². The smallest absolute Gasteiger partial charge is 0.256 e. The minimum absolute atomic E-state index is 0.112. The third-order valence-electron chi connectivity index (χ3n) is 2.86. The summed E-state index contributed by atoms with van der Waals surface area (Å²) in [7, 11) is 0. The van der Waals surface area contributed by atoms with Gasteiger partial charge in [-0.15, -0.1) is 0 Å². The molecule has 0 heterocycles. The summed E-state index contributed by atoms with van der Waals surface area (Å²) in [5.74, 6) is -5.28. The van der Waals surface area contributed by atoms with E-state index in [9.17, 15) is 22.4 Å². The van der Waals surface area contributed by atoms with Crippen molar-refractivity contribution in [1.82, 2.24) is 0 Å². The fourth-order valence-electron chi connectivity index (χ4n) is 1.67. The van der Waals surface area contributed by atoms with Gasteiger partial charge in [-0.3, -0.25) is 4.79 Å². The molecule has 1 amide bonds. The Morgan fingerprint density at radius 1 is 1.05 bits per heavy atom. The highest BCUT2D eigenvalue weighted by atomic mass is 19.1. The van der Waals surface area contributed by atoms with E-state index < -0.39 is 46.1 Å². The maximum absolute atomic E-state index is 13.7. The van der Waals surface area contributed by atoms with Gasteiger partial charge in [0.05, 0.1) is 0 Å². The number of carbonyl (C=O) groups is 1. The van der Waals surface area contributed by atoms with E-state index in [1.807, 2.05) is 5.32 Å². The Bertz CT molecular complexity index is 708. The Hall–Kier alpha value is -2.57. The normalized spacial score (nSPS) is 10.5. The number of hydrogen-bond donors (Lipinski definition) is 2. The van der Waals surface area contributed by atoms with Crippen LogP contribution in [0.1, 0.15) is 15.9 Å². The molecule has 110 valence electrons. The van der Waals surface area contributed by atoms with Crippen LogP contribution in [0.5, 0.6) is 0 Å². The van der Waals surface area contributed by atoms with Gasteiger partial charge in [0, 0.05) is 5.56 Å². The van der Waals surface area contributed by atoms with Crippen molar-refractivity contribution in [2.75, 3.05) is 11.1 Å². The van der Waals surface area contributed by atoms with Gasteiger partial charge in [-0.05, 0) is 30.7 Å². The zero-order chi connectivity index (χ0) is 15.7. The van der Waals surface area contributed by atoms with Crippen LogP contribution in [-0.2, 0) is 0 Å². The minimum atomic E-state index is -1.13. The first-order valence-electron chi connectivity index (χ1n) is 5.81. The molecule has 0 spiro atoms. The first-order chi connectivity index (χ1) is 9.81. The first kappa shape index (κ1) is 14.8. The maximum Gasteiger partial charge on any atom is 0.256 e. The molecule has 0 unspecified atom stereocenters. The maximum atomic E-state index is 13.7. The van der Waals surface area contributed by atoms with Crippen LogP contribution in [0.15, 0.2) is 24.3 Å². The van der Waals surface area contributed by atoms with Gasteiger partial charge in [0.2, 0.25) is 0 Å². The number of benzene rings is 2. The van der Waals surface area contributed by atoms with Crippen LogP contribution in [0, 0.1) is 30.2 Å². The van der Waals surface area contributed by atoms with Crippen molar-refractivity contribution in [3.05, 3.63) is 58.7 Å². The lowest BCUT2D eigenvalue weighted by atomic mass is 10.1. The monoisotopic (exact) mass is 298 g/mol. The quantitative estimate of drug-likeness (QED) is 0.659. The summed E-state index contributed by atoms with van der Waals surface area (Å²) < 4.78 is 53.8. The summed E-state index contributed by atoms with van der Waals surface area (Å²) in [5, 5.41) is 1.95. The van der Waals surface area contributed by atoms with Crippen molar-refractivity contribution in [2.45, 2.75) is 6.92 Å². The van der Waals surface area contributed by atoms with Gasteiger partial charge in [-0.2, -0.15) is 0 Å².